The van der Waals surface area contributed by atoms with E-state index in [2.05, 4.69) is 63.3 Å². The van der Waals surface area contributed by atoms with Crippen molar-refractivity contribution in [3.05, 3.63) is 68.5 Å². The van der Waals surface area contributed by atoms with E-state index in [1.54, 1.807) is 12.1 Å². The molecule has 1 aromatic heterocycles. The Morgan fingerprint density at radius 1 is 1.09 bits per heavy atom. The second-order valence-corrected chi connectivity index (χ2v) is 10.6. The molecule has 7 nitrogen and oxygen atoms in total. The largest absolute Gasteiger partial charge is 0.342 e. The molecule has 0 unspecified atom stereocenters. The summed E-state index contributed by atoms with van der Waals surface area (Å²) in [4.78, 5) is 25.3. The van der Waals surface area contributed by atoms with Crippen LogP contribution in [0.2, 0.25) is 0 Å². The van der Waals surface area contributed by atoms with Gasteiger partial charge in [0.1, 0.15) is 0 Å². The summed E-state index contributed by atoms with van der Waals surface area (Å²) in [5.74, 6) is 0.919. The van der Waals surface area contributed by atoms with E-state index in [1.165, 1.54) is 11.8 Å². The van der Waals surface area contributed by atoms with Crippen LogP contribution in [0.25, 0.3) is 0 Å². The molecule has 0 spiro atoms. The van der Waals surface area contributed by atoms with Crippen LogP contribution in [-0.2, 0) is 11.3 Å². The summed E-state index contributed by atoms with van der Waals surface area (Å²) in [6, 6.07) is 13.1. The van der Waals surface area contributed by atoms with Crippen LogP contribution >= 0.6 is 34.4 Å². The lowest BCUT2D eigenvalue weighted by atomic mass is 10.0. The number of amides is 2. The Bertz CT molecular complexity index is 1160. The number of rotatable bonds is 9. The maximum atomic E-state index is 12.7. The average Bonchev–Trinajstić information content (AvgIpc) is 3.22. The van der Waals surface area contributed by atoms with E-state index in [0.717, 1.165) is 20.4 Å². The van der Waals surface area contributed by atoms with E-state index >= 15 is 0 Å². The summed E-state index contributed by atoms with van der Waals surface area (Å²) in [6.07, 6.45) is 0. The molecule has 2 amide bonds. The number of hydrogen-bond acceptors (Lipinski definition) is 5. The van der Waals surface area contributed by atoms with Crippen molar-refractivity contribution in [1.82, 2.24) is 20.1 Å². The standard InChI is InChI=1S/C25H30IN5O2S/c1-6-31-23(17(5)27-24(33)18-9-7-16(4)8-10-18)29-30-25(31)34-14-22(32)28-21-12-11-19(26)13-20(21)15(2)3/h7-13,15,17H,6,14H2,1-5H3,(H,27,33)(H,28,32)/t17-/m1/s1. The number of nitrogens with zero attached hydrogens (tertiary/aromatic N) is 3. The van der Waals surface area contributed by atoms with Crippen molar-refractivity contribution >= 4 is 51.9 Å². The zero-order chi connectivity index (χ0) is 24.8. The highest BCUT2D eigenvalue weighted by Crippen LogP contribution is 2.27. The molecule has 2 N–H and O–H groups in total. The number of carbonyl (C=O) groups excluding carboxylic acids is 2. The van der Waals surface area contributed by atoms with Gasteiger partial charge in [-0.25, -0.2) is 0 Å². The van der Waals surface area contributed by atoms with Crippen molar-refractivity contribution in [3.8, 4) is 0 Å². The van der Waals surface area contributed by atoms with E-state index in [1.807, 2.05) is 49.6 Å². The summed E-state index contributed by atoms with van der Waals surface area (Å²) in [5, 5.41) is 15.2. The van der Waals surface area contributed by atoms with Crippen LogP contribution < -0.4 is 10.6 Å². The maximum Gasteiger partial charge on any atom is 0.251 e. The molecular formula is C25H30IN5O2S. The first-order chi connectivity index (χ1) is 16.2. The fourth-order valence-electron chi connectivity index (χ4n) is 3.52. The molecule has 34 heavy (non-hydrogen) atoms. The number of halogens is 1. The third-order valence-corrected chi connectivity index (χ3v) is 6.99. The minimum Gasteiger partial charge on any atom is -0.342 e. The number of aryl methyl sites for hydroxylation is 1. The Labute approximate surface area is 218 Å². The summed E-state index contributed by atoms with van der Waals surface area (Å²) >= 11 is 3.61. The first kappa shape index (κ1) is 26.2. The van der Waals surface area contributed by atoms with Gasteiger partial charge in [-0.3, -0.25) is 9.59 Å². The number of carbonyl (C=O) groups is 2. The first-order valence-electron chi connectivity index (χ1n) is 11.2. The van der Waals surface area contributed by atoms with Gasteiger partial charge in [-0.1, -0.05) is 43.3 Å². The number of hydrogen-bond donors (Lipinski definition) is 2. The lowest BCUT2D eigenvalue weighted by molar-refractivity contribution is -0.113. The quantitative estimate of drug-likeness (QED) is 0.252. The number of nitrogens with one attached hydrogen (secondary N) is 2. The maximum absolute atomic E-state index is 12.7. The molecule has 0 saturated heterocycles. The minimum absolute atomic E-state index is 0.0963. The first-order valence-corrected chi connectivity index (χ1v) is 13.3. The molecule has 0 aliphatic heterocycles. The van der Waals surface area contributed by atoms with Crippen LogP contribution in [0.1, 0.15) is 67.0 Å². The predicted octanol–water partition coefficient (Wildman–Crippen LogP) is 5.56. The molecule has 0 fully saturated rings. The second kappa shape index (κ2) is 11.8. The van der Waals surface area contributed by atoms with Crippen molar-refractivity contribution in [2.45, 2.75) is 58.3 Å². The fourth-order valence-corrected chi connectivity index (χ4v) is 4.84. The van der Waals surface area contributed by atoms with Gasteiger partial charge in [-0.15, -0.1) is 10.2 Å². The summed E-state index contributed by atoms with van der Waals surface area (Å²) in [6.45, 7) is 10.7. The summed E-state index contributed by atoms with van der Waals surface area (Å²) in [7, 11) is 0. The van der Waals surface area contributed by atoms with Crippen LogP contribution in [0.3, 0.4) is 0 Å². The molecule has 180 valence electrons. The minimum atomic E-state index is -0.329. The fraction of sp³-hybridized carbons (Fsp3) is 0.360. The van der Waals surface area contributed by atoms with Crippen molar-refractivity contribution in [2.24, 2.45) is 0 Å². The van der Waals surface area contributed by atoms with Gasteiger partial charge >= 0.3 is 0 Å². The van der Waals surface area contributed by atoms with Gasteiger partial charge in [-0.2, -0.15) is 0 Å². The molecule has 1 atom stereocenters. The lowest BCUT2D eigenvalue weighted by Gasteiger charge is -2.16. The van der Waals surface area contributed by atoms with Crippen molar-refractivity contribution < 1.29 is 9.59 Å². The van der Waals surface area contributed by atoms with E-state index in [9.17, 15) is 9.59 Å². The molecule has 0 saturated carbocycles. The summed E-state index contributed by atoms with van der Waals surface area (Å²) < 4.78 is 3.07. The van der Waals surface area contributed by atoms with Gasteiger partial charge in [0.2, 0.25) is 5.91 Å². The topological polar surface area (TPSA) is 88.9 Å². The molecule has 3 rings (SSSR count). The molecule has 0 bridgehead atoms. The van der Waals surface area contributed by atoms with Crippen LogP contribution in [0, 0.1) is 10.5 Å². The van der Waals surface area contributed by atoms with Gasteiger partial charge in [0.15, 0.2) is 11.0 Å². The molecule has 0 aliphatic carbocycles. The SMILES string of the molecule is CCn1c(SCC(=O)Nc2ccc(I)cc2C(C)C)nnc1[C@@H](C)NC(=O)c1ccc(C)cc1. The van der Waals surface area contributed by atoms with E-state index in [4.69, 9.17) is 0 Å². The molecule has 0 radical (unpaired) electrons. The predicted molar refractivity (Wildman–Crippen MR) is 145 cm³/mol. The normalized spacial score (nSPS) is 12.0. The second-order valence-electron chi connectivity index (χ2n) is 8.37. The van der Waals surface area contributed by atoms with Gasteiger partial charge < -0.3 is 15.2 Å². The van der Waals surface area contributed by atoms with Gasteiger partial charge in [-0.05, 0) is 85.2 Å². The zero-order valence-electron chi connectivity index (χ0n) is 20.1. The number of anilines is 1. The van der Waals surface area contributed by atoms with Crippen LogP contribution in [-0.4, -0.2) is 32.3 Å². The Kier molecular flexibility index (Phi) is 9.12. The van der Waals surface area contributed by atoms with Crippen LogP contribution in [0.5, 0.6) is 0 Å². The number of thioether (sulfide) groups is 1. The number of aromatic nitrogens is 3. The smallest absolute Gasteiger partial charge is 0.251 e. The molecule has 2 aromatic carbocycles. The molecule has 0 aliphatic rings. The molecule has 1 heterocycles. The van der Waals surface area contributed by atoms with Crippen LogP contribution in [0.4, 0.5) is 5.69 Å². The Hall–Kier alpha value is -2.40. The Morgan fingerprint density at radius 2 is 1.79 bits per heavy atom. The lowest BCUT2D eigenvalue weighted by Crippen LogP contribution is -2.28. The highest BCUT2D eigenvalue weighted by atomic mass is 127. The van der Waals surface area contributed by atoms with Gasteiger partial charge in [0.05, 0.1) is 11.8 Å². The van der Waals surface area contributed by atoms with E-state index in [-0.39, 0.29) is 23.6 Å². The van der Waals surface area contributed by atoms with Crippen molar-refractivity contribution in [3.63, 3.8) is 0 Å². The highest BCUT2D eigenvalue weighted by Gasteiger charge is 2.20. The Balaban J connectivity index is 1.64. The van der Waals surface area contributed by atoms with Gasteiger partial charge in [0.25, 0.3) is 5.91 Å². The summed E-state index contributed by atoms with van der Waals surface area (Å²) in [5.41, 5.74) is 3.65. The van der Waals surface area contributed by atoms with E-state index in [0.29, 0.717) is 29.0 Å². The molecular weight excluding hydrogens is 561 g/mol. The van der Waals surface area contributed by atoms with Gasteiger partial charge in [0, 0.05) is 21.4 Å². The third kappa shape index (κ3) is 6.59. The monoisotopic (exact) mass is 591 g/mol. The third-order valence-electron chi connectivity index (χ3n) is 5.35. The van der Waals surface area contributed by atoms with Crippen molar-refractivity contribution in [2.75, 3.05) is 11.1 Å². The molecule has 3 aromatic rings. The van der Waals surface area contributed by atoms with Crippen LogP contribution in [0.15, 0.2) is 47.6 Å². The molecule has 9 heteroatoms. The van der Waals surface area contributed by atoms with E-state index < -0.39 is 0 Å². The zero-order valence-corrected chi connectivity index (χ0v) is 23.0. The van der Waals surface area contributed by atoms with Crippen molar-refractivity contribution in [1.29, 1.82) is 0 Å². The Morgan fingerprint density at radius 3 is 2.44 bits per heavy atom. The number of benzene rings is 2. The average molecular weight is 592 g/mol. The highest BCUT2D eigenvalue weighted by molar-refractivity contribution is 14.1.